The molecule has 0 saturated carbocycles. The summed E-state index contributed by atoms with van der Waals surface area (Å²) in [6.45, 7) is 3.41. The number of methoxy groups -OCH3 is 1. The highest BCUT2D eigenvalue weighted by molar-refractivity contribution is 7.54. The van der Waals surface area contributed by atoms with Gasteiger partial charge in [0.1, 0.15) is 28.6 Å². The summed E-state index contributed by atoms with van der Waals surface area (Å²) >= 11 is 0. The minimum atomic E-state index is -3.99. The first-order chi connectivity index (χ1) is 24.0. The number of amides is 1. The number of phenolic OH excluding ortho intramolecular Hbond substituents is 1. The zero-order valence-electron chi connectivity index (χ0n) is 29.6. The lowest BCUT2D eigenvalue weighted by Crippen LogP contribution is -2.63. The molecule has 1 unspecified atom stereocenters. The van der Waals surface area contributed by atoms with Gasteiger partial charge in [0.25, 0.3) is 5.91 Å². The van der Waals surface area contributed by atoms with Crippen molar-refractivity contribution in [2.24, 2.45) is 17.6 Å². The van der Waals surface area contributed by atoms with Gasteiger partial charge in [-0.25, -0.2) is 0 Å². The molecule has 5 rings (SSSR count). The first-order valence-electron chi connectivity index (χ1n) is 16.5. The van der Waals surface area contributed by atoms with E-state index in [0.717, 1.165) is 0 Å². The molecule has 0 aliphatic heterocycles. The molecule has 15 nitrogen and oxygen atoms in total. The molecule has 0 radical (unpaired) electrons. The van der Waals surface area contributed by atoms with Crippen molar-refractivity contribution in [1.29, 1.82) is 0 Å². The Labute approximate surface area is 295 Å². The van der Waals surface area contributed by atoms with Crippen molar-refractivity contribution in [3.8, 4) is 11.5 Å². The van der Waals surface area contributed by atoms with Crippen molar-refractivity contribution in [3.05, 3.63) is 69.7 Å². The van der Waals surface area contributed by atoms with E-state index in [4.69, 9.17) is 19.5 Å². The minimum absolute atomic E-state index is 0.0116. The van der Waals surface area contributed by atoms with Gasteiger partial charge in [-0.05, 0) is 76.0 Å². The molecule has 276 valence electrons. The predicted molar refractivity (Wildman–Crippen MR) is 188 cm³/mol. The Balaban J connectivity index is 1.70. The SMILES string of the molecule is CCOP(=O)(OCC)C(Nc1cc(N(C)C)c2c(c1O)C(=O)C1=C(O)[C@]3(O)C(=O)C(C(N)=O)=C(O)[C@@H](N(C)C)[C@@H]3C[C@@H]1C2)c1ccc(OC)cc1. The number of nitrogens with one attached hydrogen (secondary N) is 1. The number of hydrogen-bond donors (Lipinski definition) is 6. The number of primary amides is 1. The summed E-state index contributed by atoms with van der Waals surface area (Å²) in [4.78, 5) is 43.8. The fraction of sp³-hybridized carbons (Fsp3) is 0.457. The molecule has 3 aliphatic rings. The van der Waals surface area contributed by atoms with Crippen molar-refractivity contribution in [3.63, 3.8) is 0 Å². The number of fused-ring (bicyclic) bond motifs is 3. The lowest BCUT2D eigenvalue weighted by Gasteiger charge is -2.50. The van der Waals surface area contributed by atoms with Crippen LogP contribution >= 0.6 is 7.60 Å². The molecule has 3 aliphatic carbocycles. The largest absolute Gasteiger partial charge is 0.510 e. The zero-order valence-corrected chi connectivity index (χ0v) is 30.5. The van der Waals surface area contributed by atoms with E-state index in [2.05, 4.69) is 5.32 Å². The number of phenols is 1. The minimum Gasteiger partial charge on any atom is -0.510 e. The van der Waals surface area contributed by atoms with E-state index in [9.17, 15) is 39.4 Å². The second-order valence-electron chi connectivity index (χ2n) is 13.2. The van der Waals surface area contributed by atoms with Crippen molar-refractivity contribution >= 4 is 36.4 Å². The Morgan fingerprint density at radius 1 is 1.08 bits per heavy atom. The van der Waals surface area contributed by atoms with Crippen molar-refractivity contribution in [2.75, 3.05) is 58.7 Å². The third-order valence-electron chi connectivity index (χ3n) is 9.84. The molecule has 0 fully saturated rings. The molecule has 1 amide bonds. The van der Waals surface area contributed by atoms with E-state index in [0.29, 0.717) is 22.6 Å². The molecule has 16 heteroatoms. The quantitative estimate of drug-likeness (QED) is 0.105. The number of allylic oxidation sites excluding steroid dienone is 1. The number of ketones is 2. The van der Waals surface area contributed by atoms with Gasteiger partial charge in [-0.3, -0.25) is 23.8 Å². The van der Waals surface area contributed by atoms with Gasteiger partial charge < -0.3 is 50.2 Å². The Hall–Kier alpha value is -4.40. The molecule has 0 bridgehead atoms. The molecule has 0 spiro atoms. The number of nitrogens with two attached hydrogens (primary N) is 1. The number of aromatic hydroxyl groups is 1. The highest BCUT2D eigenvalue weighted by Crippen LogP contribution is 2.62. The summed E-state index contributed by atoms with van der Waals surface area (Å²) in [5.41, 5.74) is 2.67. The van der Waals surface area contributed by atoms with E-state index < -0.39 is 77.2 Å². The van der Waals surface area contributed by atoms with Gasteiger partial charge in [0.2, 0.25) is 5.78 Å². The molecule has 7 N–H and O–H groups in total. The average molecular weight is 729 g/mol. The number of aliphatic hydroxyl groups excluding tert-OH is 2. The number of benzene rings is 2. The number of likely N-dealkylation sites (N-methyl/N-ethyl adjacent to an activating group) is 1. The Morgan fingerprint density at radius 3 is 2.20 bits per heavy atom. The molecule has 51 heavy (non-hydrogen) atoms. The maximum Gasteiger partial charge on any atom is 0.357 e. The topological polar surface area (TPSA) is 221 Å². The predicted octanol–water partition coefficient (Wildman–Crippen LogP) is 3.57. The maximum atomic E-state index is 14.5. The highest BCUT2D eigenvalue weighted by atomic mass is 31.2. The number of Topliss-reactive ketones (excluding diaryl/α,β-unsaturated/α-hetero) is 2. The van der Waals surface area contributed by atoms with Crippen LogP contribution in [0.2, 0.25) is 0 Å². The normalized spacial score (nSPS) is 23.8. The monoisotopic (exact) mass is 728 g/mol. The molecule has 5 atom stereocenters. The number of anilines is 2. The molecule has 0 aromatic heterocycles. The third-order valence-corrected chi connectivity index (χ3v) is 12.1. The Kier molecular flexibility index (Phi) is 10.4. The Morgan fingerprint density at radius 2 is 1.69 bits per heavy atom. The molecule has 0 heterocycles. The van der Waals surface area contributed by atoms with Gasteiger partial charge in [-0.15, -0.1) is 0 Å². The summed E-state index contributed by atoms with van der Waals surface area (Å²) < 4.78 is 31.0. The number of aliphatic hydroxyl groups is 3. The second kappa shape index (κ2) is 14.0. The summed E-state index contributed by atoms with van der Waals surface area (Å²) in [5, 5.41) is 49.7. The first-order valence-corrected chi connectivity index (χ1v) is 18.1. The Bertz CT molecular complexity index is 1860. The number of rotatable bonds is 12. The number of ether oxygens (including phenoxy) is 1. The average Bonchev–Trinajstić information content (AvgIpc) is 3.05. The first kappa shape index (κ1) is 37.8. The van der Waals surface area contributed by atoms with Crippen LogP contribution in [-0.2, 0) is 29.6 Å². The number of nitrogens with zero attached hydrogens (tertiary/aromatic N) is 2. The molecule has 2 aromatic carbocycles. The van der Waals surface area contributed by atoms with Crippen LogP contribution in [0, 0.1) is 11.8 Å². The van der Waals surface area contributed by atoms with Crippen LogP contribution < -0.4 is 20.7 Å². The van der Waals surface area contributed by atoms with Crippen LogP contribution in [0.3, 0.4) is 0 Å². The van der Waals surface area contributed by atoms with Crippen LogP contribution in [-0.4, -0.2) is 103 Å². The summed E-state index contributed by atoms with van der Waals surface area (Å²) in [7, 11) is 4.14. The molecule has 2 aromatic rings. The van der Waals surface area contributed by atoms with E-state index >= 15 is 0 Å². The van der Waals surface area contributed by atoms with Crippen molar-refractivity contribution in [1.82, 2.24) is 4.90 Å². The zero-order chi connectivity index (χ0) is 37.7. The van der Waals surface area contributed by atoms with E-state index in [-0.39, 0.29) is 42.9 Å². The number of carbonyl (C=O) groups is 3. The molecular weight excluding hydrogens is 683 g/mol. The van der Waals surface area contributed by atoms with Crippen molar-refractivity contribution < 1.29 is 53.2 Å². The van der Waals surface area contributed by atoms with Crippen LogP contribution in [0.1, 0.15) is 47.5 Å². The molecular formula is C35H45N4O11P. The number of carbonyl (C=O) groups excluding carboxylic acids is 3. The van der Waals surface area contributed by atoms with Crippen molar-refractivity contribution in [2.45, 2.75) is 44.1 Å². The second-order valence-corrected chi connectivity index (χ2v) is 15.3. The standard InChI is InChI=1S/C35H45N4O11P/c1-8-49-51(47,50-9-2)34(17-10-12-19(48-7)13-11-17)37-22-16-23(38(3)4)20-14-18-15-21-27(39(5)6)30(42)26(33(36)45)32(44)35(21,46)31(43)24(18)29(41)25(20)28(22)40/h10-13,16,18,21,27,34,37,40,42-43,46H,8-9,14-15H2,1-7H3,(H2,36,45)/t18-,21-,27-,34?,35-/m0/s1. The smallest absolute Gasteiger partial charge is 0.357 e. The van der Waals surface area contributed by atoms with Crippen LogP contribution in [0.15, 0.2) is 53.0 Å². The van der Waals surface area contributed by atoms with Crippen LogP contribution in [0.4, 0.5) is 11.4 Å². The fourth-order valence-corrected chi connectivity index (χ4v) is 9.56. The third kappa shape index (κ3) is 6.06. The molecule has 0 saturated heterocycles. The fourth-order valence-electron chi connectivity index (χ4n) is 7.63. The lowest BCUT2D eigenvalue weighted by molar-refractivity contribution is -0.148. The van der Waals surface area contributed by atoms with Crippen LogP contribution in [0.25, 0.3) is 0 Å². The van der Waals surface area contributed by atoms with Gasteiger partial charge in [0, 0.05) is 31.3 Å². The van der Waals surface area contributed by atoms with Gasteiger partial charge in [-0.2, -0.15) is 0 Å². The van der Waals surface area contributed by atoms with E-state index in [1.807, 2.05) is 0 Å². The van der Waals surface area contributed by atoms with E-state index in [1.165, 1.54) is 12.0 Å². The number of hydrogen-bond acceptors (Lipinski definition) is 14. The van der Waals surface area contributed by atoms with Gasteiger partial charge in [-0.1, -0.05) is 12.1 Å². The van der Waals surface area contributed by atoms with Gasteiger partial charge in [0.15, 0.2) is 17.2 Å². The summed E-state index contributed by atoms with van der Waals surface area (Å²) in [6.07, 6.45) is 0.0407. The summed E-state index contributed by atoms with van der Waals surface area (Å²) in [6, 6.07) is 7.15. The van der Waals surface area contributed by atoms with Crippen LogP contribution in [0.5, 0.6) is 11.5 Å². The van der Waals surface area contributed by atoms with E-state index in [1.54, 1.807) is 77.3 Å². The maximum absolute atomic E-state index is 14.5. The van der Waals surface area contributed by atoms with Gasteiger partial charge in [0.05, 0.1) is 37.6 Å². The lowest BCUT2D eigenvalue weighted by atomic mass is 9.58. The summed E-state index contributed by atoms with van der Waals surface area (Å²) in [5.74, 6) is -8.18. The van der Waals surface area contributed by atoms with Gasteiger partial charge >= 0.3 is 7.60 Å². The highest BCUT2D eigenvalue weighted by Gasteiger charge is 2.63.